The molecule has 134 valence electrons. The molecule has 2 heterocycles. The number of hydrogen-bond acceptors (Lipinski definition) is 5. The van der Waals surface area contributed by atoms with E-state index in [0.29, 0.717) is 43.9 Å². The highest BCUT2D eigenvalue weighted by Gasteiger charge is 2.33. The Morgan fingerprint density at radius 3 is 2.54 bits per heavy atom. The average Bonchev–Trinajstić information content (AvgIpc) is 3.42. The lowest BCUT2D eigenvalue weighted by atomic mass is 10.1. The highest BCUT2D eigenvalue weighted by molar-refractivity contribution is 5.94. The number of nitriles is 1. The van der Waals surface area contributed by atoms with Gasteiger partial charge in [-0.15, -0.1) is 0 Å². The first-order valence-electron chi connectivity index (χ1n) is 8.47. The van der Waals surface area contributed by atoms with Crippen LogP contribution in [0.1, 0.15) is 40.7 Å². The molecule has 4 rings (SSSR count). The fourth-order valence-corrected chi connectivity index (χ4v) is 3.04. The minimum atomic E-state index is -1.04. The zero-order valence-electron chi connectivity index (χ0n) is 13.9. The summed E-state index contributed by atoms with van der Waals surface area (Å²) in [4.78, 5) is 20.2. The summed E-state index contributed by atoms with van der Waals surface area (Å²) in [6.45, 7) is 1.73. The lowest BCUT2D eigenvalue weighted by Gasteiger charge is -2.34. The molecule has 0 N–H and O–H groups in total. The molecule has 1 aromatic carbocycles. The lowest BCUT2D eigenvalue weighted by Crippen LogP contribution is -2.49. The van der Waals surface area contributed by atoms with Crippen molar-refractivity contribution in [3.63, 3.8) is 0 Å². The van der Waals surface area contributed by atoms with Gasteiger partial charge in [-0.25, -0.2) is 13.8 Å². The first-order valence-corrected chi connectivity index (χ1v) is 8.47. The minimum Gasteiger partial charge on any atom is -0.423 e. The molecule has 0 atom stereocenters. The highest BCUT2D eigenvalue weighted by atomic mass is 19.2. The van der Waals surface area contributed by atoms with Gasteiger partial charge in [0.25, 0.3) is 5.91 Å². The summed E-state index contributed by atoms with van der Waals surface area (Å²) >= 11 is 0. The molecule has 1 saturated heterocycles. The molecule has 1 amide bonds. The Bertz CT molecular complexity index is 893. The summed E-state index contributed by atoms with van der Waals surface area (Å²) in [7, 11) is 0. The molecular weight excluding hydrogens is 342 g/mol. The largest absolute Gasteiger partial charge is 0.423 e. The predicted octanol–water partition coefficient (Wildman–Crippen LogP) is 2.66. The van der Waals surface area contributed by atoms with E-state index in [-0.39, 0.29) is 17.2 Å². The second-order valence-electron chi connectivity index (χ2n) is 6.50. The molecule has 0 unspecified atom stereocenters. The number of halogens is 2. The van der Waals surface area contributed by atoms with Crippen molar-refractivity contribution < 1.29 is 18.0 Å². The average molecular weight is 358 g/mol. The van der Waals surface area contributed by atoms with Crippen LogP contribution in [0.3, 0.4) is 0 Å². The molecule has 1 aliphatic heterocycles. The molecule has 2 aliphatic rings. The van der Waals surface area contributed by atoms with Crippen molar-refractivity contribution in [2.75, 3.05) is 31.1 Å². The molecule has 1 aromatic heterocycles. The van der Waals surface area contributed by atoms with Crippen molar-refractivity contribution in [1.82, 2.24) is 9.88 Å². The van der Waals surface area contributed by atoms with E-state index < -0.39 is 11.6 Å². The maximum atomic E-state index is 13.3. The molecule has 0 radical (unpaired) electrons. The topological polar surface area (TPSA) is 73.4 Å². The van der Waals surface area contributed by atoms with E-state index in [1.807, 2.05) is 4.90 Å². The van der Waals surface area contributed by atoms with E-state index in [1.165, 1.54) is 6.07 Å². The zero-order chi connectivity index (χ0) is 18.3. The minimum absolute atomic E-state index is 0.116. The Morgan fingerprint density at radius 2 is 1.92 bits per heavy atom. The van der Waals surface area contributed by atoms with E-state index in [9.17, 15) is 18.8 Å². The van der Waals surface area contributed by atoms with Crippen LogP contribution in [0.4, 0.5) is 14.7 Å². The monoisotopic (exact) mass is 358 g/mol. The van der Waals surface area contributed by atoms with Crippen LogP contribution in [0.2, 0.25) is 0 Å². The van der Waals surface area contributed by atoms with Crippen LogP contribution in [0.5, 0.6) is 0 Å². The van der Waals surface area contributed by atoms with Gasteiger partial charge in [0, 0.05) is 37.7 Å². The quantitative estimate of drug-likeness (QED) is 0.843. The van der Waals surface area contributed by atoms with Gasteiger partial charge in [-0.05, 0) is 31.0 Å². The van der Waals surface area contributed by atoms with Crippen LogP contribution in [0.25, 0.3) is 0 Å². The summed E-state index contributed by atoms with van der Waals surface area (Å²) in [6, 6.07) is 5.20. The Balaban J connectivity index is 1.45. The van der Waals surface area contributed by atoms with Crippen LogP contribution >= 0.6 is 0 Å². The van der Waals surface area contributed by atoms with Gasteiger partial charge in [0.05, 0.1) is 0 Å². The van der Waals surface area contributed by atoms with Crippen LogP contribution in [-0.4, -0.2) is 42.0 Å². The SMILES string of the molecule is N#Cc1nc(C2CC2)oc1N1CCN(C(=O)c2ccc(F)c(F)c2)CC1. The van der Waals surface area contributed by atoms with Crippen molar-refractivity contribution in [2.45, 2.75) is 18.8 Å². The van der Waals surface area contributed by atoms with Crippen LogP contribution < -0.4 is 4.90 Å². The first kappa shape index (κ1) is 16.5. The molecule has 0 bridgehead atoms. The Labute approximate surface area is 148 Å². The van der Waals surface area contributed by atoms with Gasteiger partial charge in [0.15, 0.2) is 11.6 Å². The Kier molecular flexibility index (Phi) is 4.07. The maximum absolute atomic E-state index is 13.3. The van der Waals surface area contributed by atoms with Crippen molar-refractivity contribution >= 4 is 11.8 Å². The number of benzene rings is 1. The molecule has 0 spiro atoms. The fourth-order valence-electron chi connectivity index (χ4n) is 3.04. The van der Waals surface area contributed by atoms with Gasteiger partial charge >= 0.3 is 0 Å². The maximum Gasteiger partial charge on any atom is 0.254 e. The second kappa shape index (κ2) is 6.41. The fraction of sp³-hybridized carbons (Fsp3) is 0.389. The number of aromatic nitrogens is 1. The number of carbonyl (C=O) groups excluding carboxylic acids is 1. The standard InChI is InChI=1S/C18H16F2N4O2/c19-13-4-3-12(9-14(13)20)17(25)23-5-7-24(8-6-23)18-15(10-21)22-16(26-18)11-1-2-11/h3-4,9,11H,1-2,5-8H2. The Hall–Kier alpha value is -2.95. The summed E-state index contributed by atoms with van der Waals surface area (Å²) < 4.78 is 32.1. The molecule has 2 aromatic rings. The van der Waals surface area contributed by atoms with E-state index in [1.54, 1.807) is 4.90 Å². The van der Waals surface area contributed by atoms with E-state index >= 15 is 0 Å². The predicted molar refractivity (Wildman–Crippen MR) is 87.7 cm³/mol. The third-order valence-corrected chi connectivity index (χ3v) is 4.68. The zero-order valence-corrected chi connectivity index (χ0v) is 13.9. The highest BCUT2D eigenvalue weighted by Crippen LogP contribution is 2.41. The van der Waals surface area contributed by atoms with Crippen LogP contribution in [0, 0.1) is 23.0 Å². The number of anilines is 1. The number of oxazole rings is 1. The summed E-state index contributed by atoms with van der Waals surface area (Å²) in [5, 5.41) is 9.27. The lowest BCUT2D eigenvalue weighted by molar-refractivity contribution is 0.0744. The molecule has 1 saturated carbocycles. The number of nitrogens with zero attached hydrogens (tertiary/aromatic N) is 4. The number of carbonyl (C=O) groups is 1. The van der Waals surface area contributed by atoms with Crippen LogP contribution in [0.15, 0.2) is 22.6 Å². The third kappa shape index (κ3) is 3.01. The van der Waals surface area contributed by atoms with E-state index in [2.05, 4.69) is 11.1 Å². The van der Waals surface area contributed by atoms with Gasteiger partial charge < -0.3 is 14.2 Å². The van der Waals surface area contributed by atoms with Crippen molar-refractivity contribution in [2.24, 2.45) is 0 Å². The summed E-state index contributed by atoms with van der Waals surface area (Å²) in [5.74, 6) is -0.992. The van der Waals surface area contributed by atoms with Crippen molar-refractivity contribution in [3.05, 3.63) is 47.0 Å². The van der Waals surface area contributed by atoms with Gasteiger partial charge in [-0.3, -0.25) is 4.79 Å². The van der Waals surface area contributed by atoms with Crippen LogP contribution in [-0.2, 0) is 0 Å². The molecule has 1 aliphatic carbocycles. The molecular formula is C18H16F2N4O2. The normalized spacial score (nSPS) is 17.3. The Morgan fingerprint density at radius 1 is 1.19 bits per heavy atom. The third-order valence-electron chi connectivity index (χ3n) is 4.68. The smallest absolute Gasteiger partial charge is 0.254 e. The van der Waals surface area contributed by atoms with Crippen molar-refractivity contribution in [3.8, 4) is 6.07 Å². The van der Waals surface area contributed by atoms with Gasteiger partial charge in [-0.2, -0.15) is 5.26 Å². The number of rotatable bonds is 3. The number of hydrogen-bond donors (Lipinski definition) is 0. The molecule has 26 heavy (non-hydrogen) atoms. The number of piperazine rings is 1. The molecule has 8 heteroatoms. The van der Waals surface area contributed by atoms with E-state index in [0.717, 1.165) is 25.0 Å². The molecule has 2 fully saturated rings. The van der Waals surface area contributed by atoms with Gasteiger partial charge in [0.2, 0.25) is 17.5 Å². The van der Waals surface area contributed by atoms with E-state index in [4.69, 9.17) is 4.42 Å². The summed E-state index contributed by atoms with van der Waals surface area (Å²) in [5.41, 5.74) is 0.387. The van der Waals surface area contributed by atoms with Gasteiger partial charge in [-0.1, -0.05) is 0 Å². The van der Waals surface area contributed by atoms with Gasteiger partial charge in [0.1, 0.15) is 6.07 Å². The number of amides is 1. The van der Waals surface area contributed by atoms with Crippen molar-refractivity contribution in [1.29, 1.82) is 5.26 Å². The first-order chi connectivity index (χ1) is 12.6. The second-order valence-corrected chi connectivity index (χ2v) is 6.50. The summed E-state index contributed by atoms with van der Waals surface area (Å²) in [6.07, 6.45) is 2.06. The molecule has 6 nitrogen and oxygen atoms in total.